The van der Waals surface area contributed by atoms with Crippen LogP contribution in [-0.2, 0) is 0 Å². The quantitative estimate of drug-likeness (QED) is 0.742. The van der Waals surface area contributed by atoms with Gasteiger partial charge in [-0.05, 0) is 55.5 Å². The maximum Gasteiger partial charge on any atom is 0.245 e. The molecule has 1 aromatic heterocycles. The van der Waals surface area contributed by atoms with Gasteiger partial charge in [0.15, 0.2) is 0 Å². The zero-order valence-electron chi connectivity index (χ0n) is 18.0. The van der Waals surface area contributed by atoms with Crippen molar-refractivity contribution in [3.05, 3.63) is 36.0 Å². The second-order valence-corrected chi connectivity index (χ2v) is 8.16. The molecule has 1 saturated carbocycles. The van der Waals surface area contributed by atoms with E-state index < -0.39 is 0 Å². The Morgan fingerprint density at radius 3 is 2.73 bits per heavy atom. The van der Waals surface area contributed by atoms with Crippen LogP contribution < -0.4 is 4.90 Å². The molecule has 1 saturated heterocycles. The number of rotatable bonds is 6. The van der Waals surface area contributed by atoms with Crippen LogP contribution in [0.15, 0.2) is 35.5 Å². The monoisotopic (exact) mass is 406 g/mol. The fourth-order valence-corrected chi connectivity index (χ4v) is 4.14. The van der Waals surface area contributed by atoms with Crippen molar-refractivity contribution in [1.29, 1.82) is 0 Å². The SMILES string of the molecule is CC/C=C(\C=NC)c1ccc(-c2cnc(N3CCN(C)C(C4CC4)C3)nn2)c(O)c1. The van der Waals surface area contributed by atoms with Crippen molar-refractivity contribution in [1.82, 2.24) is 20.1 Å². The number of anilines is 1. The number of nitrogens with zero attached hydrogens (tertiary/aromatic N) is 6. The van der Waals surface area contributed by atoms with Gasteiger partial charge in [0.1, 0.15) is 11.4 Å². The number of piperazine rings is 1. The van der Waals surface area contributed by atoms with Crippen molar-refractivity contribution in [3.8, 4) is 17.0 Å². The number of benzene rings is 1. The van der Waals surface area contributed by atoms with Crippen molar-refractivity contribution >= 4 is 17.7 Å². The molecule has 2 aromatic rings. The number of aromatic hydroxyl groups is 1. The Hall–Kier alpha value is -2.80. The molecule has 1 aliphatic heterocycles. The van der Waals surface area contributed by atoms with Crippen molar-refractivity contribution < 1.29 is 5.11 Å². The van der Waals surface area contributed by atoms with Gasteiger partial charge in [-0.15, -0.1) is 10.2 Å². The molecular weight excluding hydrogens is 376 g/mol. The van der Waals surface area contributed by atoms with Gasteiger partial charge in [-0.25, -0.2) is 4.98 Å². The smallest absolute Gasteiger partial charge is 0.245 e. The molecule has 1 aromatic carbocycles. The third kappa shape index (κ3) is 4.36. The van der Waals surface area contributed by atoms with Crippen LogP contribution in [-0.4, -0.2) is 71.2 Å². The lowest BCUT2D eigenvalue weighted by Crippen LogP contribution is -2.53. The van der Waals surface area contributed by atoms with Crippen LogP contribution in [0.25, 0.3) is 16.8 Å². The summed E-state index contributed by atoms with van der Waals surface area (Å²) in [6, 6.07) is 6.15. The summed E-state index contributed by atoms with van der Waals surface area (Å²) in [4.78, 5) is 13.4. The van der Waals surface area contributed by atoms with E-state index in [9.17, 15) is 5.11 Å². The summed E-state index contributed by atoms with van der Waals surface area (Å²) in [6.07, 6.45) is 9.15. The lowest BCUT2D eigenvalue weighted by atomic mass is 10.0. The molecule has 0 spiro atoms. The summed E-state index contributed by atoms with van der Waals surface area (Å²) in [6.45, 7) is 4.96. The molecule has 2 aliphatic rings. The Morgan fingerprint density at radius 2 is 2.10 bits per heavy atom. The number of aliphatic imine (C=N–C) groups is 1. The Balaban J connectivity index is 1.52. The first kappa shape index (κ1) is 20.5. The highest BCUT2D eigenvalue weighted by Gasteiger charge is 2.37. The minimum Gasteiger partial charge on any atom is -0.507 e. The predicted octanol–water partition coefficient (Wildman–Crippen LogP) is 3.27. The van der Waals surface area contributed by atoms with Gasteiger partial charge in [0.05, 0.1) is 6.20 Å². The Bertz CT molecular complexity index is 935. The van der Waals surface area contributed by atoms with Crippen LogP contribution in [0.3, 0.4) is 0 Å². The molecule has 0 bridgehead atoms. The average molecular weight is 407 g/mol. The number of hydrogen-bond acceptors (Lipinski definition) is 7. The average Bonchev–Trinajstić information content (AvgIpc) is 3.59. The molecule has 1 N–H and O–H groups in total. The number of phenolic OH excluding ortho intramolecular Hbond substituents is 1. The molecule has 1 atom stereocenters. The maximum absolute atomic E-state index is 10.6. The van der Waals surface area contributed by atoms with Crippen LogP contribution in [0.1, 0.15) is 31.7 Å². The van der Waals surface area contributed by atoms with Crippen molar-refractivity contribution in [3.63, 3.8) is 0 Å². The summed E-state index contributed by atoms with van der Waals surface area (Å²) >= 11 is 0. The highest BCUT2D eigenvalue weighted by atomic mass is 16.3. The first-order chi connectivity index (χ1) is 14.6. The number of likely N-dealkylation sites (N-methyl/N-ethyl adjacent to an activating group) is 1. The normalized spacial score (nSPS) is 20.8. The van der Waals surface area contributed by atoms with E-state index in [1.165, 1.54) is 12.8 Å². The summed E-state index contributed by atoms with van der Waals surface area (Å²) in [7, 11) is 3.95. The standard InChI is InChI=1S/C23H30N6O/c1-4-5-18(13-24-2)17-8-9-19(22(30)12-17)20-14-25-23(27-26-20)29-11-10-28(3)21(15-29)16-6-7-16/h5,8-9,12-14,16,21,30H,4,6-7,10-11,15H2,1-3H3/b18-5+,24-13?. The minimum absolute atomic E-state index is 0.163. The molecule has 7 heteroatoms. The zero-order valence-corrected chi connectivity index (χ0v) is 18.0. The van der Waals surface area contributed by atoms with E-state index in [4.69, 9.17) is 0 Å². The maximum atomic E-state index is 10.6. The van der Waals surface area contributed by atoms with E-state index in [-0.39, 0.29) is 5.75 Å². The van der Waals surface area contributed by atoms with E-state index in [1.807, 2.05) is 12.1 Å². The first-order valence-electron chi connectivity index (χ1n) is 10.7. The Morgan fingerprint density at radius 1 is 1.27 bits per heavy atom. The molecule has 4 rings (SSSR count). The molecule has 1 unspecified atom stereocenters. The number of phenols is 1. The number of aromatic nitrogens is 3. The summed E-state index contributed by atoms with van der Waals surface area (Å²) in [5, 5.41) is 19.3. The van der Waals surface area contributed by atoms with Gasteiger partial charge in [0, 0.05) is 44.5 Å². The van der Waals surface area contributed by atoms with Crippen LogP contribution in [0.5, 0.6) is 5.75 Å². The third-order valence-corrected chi connectivity index (χ3v) is 5.99. The van der Waals surface area contributed by atoms with E-state index in [2.05, 4.69) is 50.0 Å². The fraction of sp³-hybridized carbons (Fsp3) is 0.478. The van der Waals surface area contributed by atoms with Gasteiger partial charge < -0.3 is 10.0 Å². The summed E-state index contributed by atoms with van der Waals surface area (Å²) < 4.78 is 0. The number of allylic oxidation sites excluding steroid dienone is 2. The highest BCUT2D eigenvalue weighted by molar-refractivity contribution is 6.10. The molecular formula is C23H30N6O. The van der Waals surface area contributed by atoms with Crippen LogP contribution in [0.2, 0.25) is 0 Å². The number of hydrogen-bond donors (Lipinski definition) is 1. The first-order valence-corrected chi connectivity index (χ1v) is 10.7. The van der Waals surface area contributed by atoms with Gasteiger partial charge in [-0.2, -0.15) is 0 Å². The van der Waals surface area contributed by atoms with Gasteiger partial charge in [0.25, 0.3) is 0 Å². The van der Waals surface area contributed by atoms with E-state index in [0.29, 0.717) is 23.2 Å². The Kier molecular flexibility index (Phi) is 6.08. The molecule has 1 aliphatic carbocycles. The topological polar surface area (TPSA) is 77.7 Å². The molecule has 158 valence electrons. The molecule has 2 fully saturated rings. The largest absolute Gasteiger partial charge is 0.507 e. The van der Waals surface area contributed by atoms with Gasteiger partial charge >= 0.3 is 0 Å². The van der Waals surface area contributed by atoms with Crippen LogP contribution in [0, 0.1) is 5.92 Å². The molecule has 30 heavy (non-hydrogen) atoms. The Labute approximate surface area is 178 Å². The van der Waals surface area contributed by atoms with E-state index in [0.717, 1.165) is 43.1 Å². The van der Waals surface area contributed by atoms with E-state index in [1.54, 1.807) is 25.5 Å². The van der Waals surface area contributed by atoms with E-state index >= 15 is 0 Å². The highest BCUT2D eigenvalue weighted by Crippen LogP contribution is 2.37. The molecule has 2 heterocycles. The van der Waals surface area contributed by atoms with Gasteiger partial charge in [-0.3, -0.25) is 9.89 Å². The molecule has 7 nitrogen and oxygen atoms in total. The second kappa shape index (κ2) is 8.92. The molecule has 0 radical (unpaired) electrons. The second-order valence-electron chi connectivity index (χ2n) is 8.16. The lowest BCUT2D eigenvalue weighted by molar-refractivity contribution is 0.196. The van der Waals surface area contributed by atoms with Crippen molar-refractivity contribution in [2.45, 2.75) is 32.2 Å². The molecule has 0 amide bonds. The van der Waals surface area contributed by atoms with Crippen molar-refractivity contribution in [2.24, 2.45) is 10.9 Å². The lowest BCUT2D eigenvalue weighted by Gasteiger charge is -2.39. The van der Waals surface area contributed by atoms with Crippen LogP contribution >= 0.6 is 0 Å². The summed E-state index contributed by atoms with van der Waals surface area (Å²) in [5.41, 5.74) is 3.11. The zero-order chi connectivity index (χ0) is 21.1. The predicted molar refractivity (Wildman–Crippen MR) is 121 cm³/mol. The van der Waals surface area contributed by atoms with Crippen molar-refractivity contribution in [2.75, 3.05) is 38.6 Å². The third-order valence-electron chi connectivity index (χ3n) is 5.99. The minimum atomic E-state index is 0.163. The fourth-order valence-electron chi connectivity index (χ4n) is 4.14. The van der Waals surface area contributed by atoms with Crippen LogP contribution in [0.4, 0.5) is 5.95 Å². The summed E-state index contributed by atoms with van der Waals surface area (Å²) in [5.74, 6) is 1.64. The van der Waals surface area contributed by atoms with Gasteiger partial charge in [-0.1, -0.05) is 19.1 Å². The van der Waals surface area contributed by atoms with Gasteiger partial charge in [0.2, 0.25) is 5.95 Å².